The zero-order valence-electron chi connectivity index (χ0n) is 9.28. The van der Waals surface area contributed by atoms with Crippen molar-refractivity contribution in [2.75, 3.05) is 18.0 Å². The summed E-state index contributed by atoms with van der Waals surface area (Å²) < 4.78 is 0. The Morgan fingerprint density at radius 2 is 2.20 bits per heavy atom. The number of thioether (sulfide) groups is 1. The Morgan fingerprint density at radius 3 is 2.87 bits per heavy atom. The molecule has 0 amide bonds. The summed E-state index contributed by atoms with van der Waals surface area (Å²) in [7, 11) is 0. The van der Waals surface area contributed by atoms with Crippen LogP contribution in [0.3, 0.4) is 0 Å². The van der Waals surface area contributed by atoms with Gasteiger partial charge in [0.1, 0.15) is 0 Å². The fourth-order valence-electron chi connectivity index (χ4n) is 1.38. The lowest BCUT2D eigenvalue weighted by atomic mass is 10.1. The highest BCUT2D eigenvalue weighted by atomic mass is 32.2. The van der Waals surface area contributed by atoms with E-state index in [2.05, 4.69) is 19.1 Å². The fraction of sp³-hybridized carbons (Fsp3) is 0.500. The zero-order chi connectivity index (χ0) is 11.1. The van der Waals surface area contributed by atoms with Crippen LogP contribution >= 0.6 is 11.8 Å². The summed E-state index contributed by atoms with van der Waals surface area (Å²) in [6.45, 7) is 2.94. The van der Waals surface area contributed by atoms with Gasteiger partial charge >= 0.3 is 0 Å². The van der Waals surface area contributed by atoms with Crippen molar-refractivity contribution in [2.24, 2.45) is 5.73 Å². The molecular formula is C12H20N2S. The molecule has 3 heteroatoms. The van der Waals surface area contributed by atoms with Gasteiger partial charge in [0.25, 0.3) is 0 Å². The van der Waals surface area contributed by atoms with Gasteiger partial charge in [0.05, 0.1) is 0 Å². The Hall–Kier alpha value is -0.670. The van der Waals surface area contributed by atoms with Gasteiger partial charge in [-0.25, -0.2) is 0 Å². The first-order valence-corrected chi connectivity index (χ1v) is 6.43. The number of aryl methyl sites for hydroxylation is 1. The molecule has 0 radical (unpaired) electrons. The second-order valence-corrected chi connectivity index (χ2v) is 5.31. The number of anilines is 1. The lowest BCUT2D eigenvalue weighted by molar-refractivity contribution is 0.912. The molecule has 0 spiro atoms. The molecule has 1 aromatic carbocycles. The van der Waals surface area contributed by atoms with Crippen molar-refractivity contribution in [2.45, 2.75) is 25.0 Å². The van der Waals surface area contributed by atoms with Gasteiger partial charge in [-0.05, 0) is 36.3 Å². The summed E-state index contributed by atoms with van der Waals surface area (Å²) in [4.78, 5) is 0. The molecule has 1 atom stereocenters. The van der Waals surface area contributed by atoms with E-state index in [1.807, 2.05) is 23.9 Å². The third-order valence-electron chi connectivity index (χ3n) is 2.30. The maximum atomic E-state index is 5.71. The maximum Gasteiger partial charge on any atom is 0.0316 e. The van der Waals surface area contributed by atoms with E-state index in [1.165, 1.54) is 17.7 Å². The van der Waals surface area contributed by atoms with Gasteiger partial charge in [-0.1, -0.05) is 19.1 Å². The van der Waals surface area contributed by atoms with Gasteiger partial charge in [-0.2, -0.15) is 11.8 Å². The predicted octanol–water partition coefficient (Wildman–Crippen LogP) is 2.28. The van der Waals surface area contributed by atoms with Crippen LogP contribution in [0.15, 0.2) is 24.3 Å². The average Bonchev–Trinajstić information content (AvgIpc) is 2.24. The van der Waals surface area contributed by atoms with Gasteiger partial charge in [-0.3, -0.25) is 0 Å². The molecular weight excluding hydrogens is 204 g/mol. The minimum Gasteiger partial charge on any atom is -0.399 e. The third-order valence-corrected chi connectivity index (χ3v) is 3.58. The number of hydrogen-bond donors (Lipinski definition) is 2. The number of benzene rings is 1. The topological polar surface area (TPSA) is 52.0 Å². The molecule has 0 fully saturated rings. The van der Waals surface area contributed by atoms with Crippen molar-refractivity contribution >= 4 is 17.4 Å². The van der Waals surface area contributed by atoms with Gasteiger partial charge in [0.2, 0.25) is 0 Å². The van der Waals surface area contributed by atoms with Gasteiger partial charge in [0.15, 0.2) is 0 Å². The molecule has 0 aliphatic heterocycles. The number of nitrogen functional groups attached to an aromatic ring is 1. The van der Waals surface area contributed by atoms with E-state index in [0.29, 0.717) is 5.25 Å². The quantitative estimate of drug-likeness (QED) is 0.576. The van der Waals surface area contributed by atoms with E-state index >= 15 is 0 Å². The Bertz CT molecular complexity index is 289. The Morgan fingerprint density at radius 1 is 1.40 bits per heavy atom. The van der Waals surface area contributed by atoms with Crippen molar-refractivity contribution in [1.82, 2.24) is 0 Å². The van der Waals surface area contributed by atoms with E-state index < -0.39 is 0 Å². The molecule has 1 rings (SSSR count). The standard InChI is InChI=1S/C12H20N2S/c1-10(9-13)15-7-3-5-11-4-2-6-12(14)8-11/h2,4,6,8,10H,3,5,7,9,13-14H2,1H3. The normalized spacial score (nSPS) is 12.7. The van der Waals surface area contributed by atoms with Crippen LogP contribution < -0.4 is 11.5 Å². The number of nitrogens with two attached hydrogens (primary N) is 2. The van der Waals surface area contributed by atoms with Crippen LogP contribution in [0.25, 0.3) is 0 Å². The molecule has 0 aliphatic carbocycles. The van der Waals surface area contributed by atoms with Crippen molar-refractivity contribution in [3.05, 3.63) is 29.8 Å². The molecule has 0 aliphatic rings. The monoisotopic (exact) mass is 224 g/mol. The lowest BCUT2D eigenvalue weighted by Gasteiger charge is -2.07. The molecule has 15 heavy (non-hydrogen) atoms. The summed E-state index contributed by atoms with van der Waals surface area (Å²) in [5.41, 5.74) is 13.4. The fourth-order valence-corrected chi connectivity index (χ4v) is 2.23. The summed E-state index contributed by atoms with van der Waals surface area (Å²) in [5, 5.41) is 0.575. The smallest absolute Gasteiger partial charge is 0.0316 e. The van der Waals surface area contributed by atoms with Gasteiger partial charge < -0.3 is 11.5 Å². The SMILES string of the molecule is CC(CN)SCCCc1cccc(N)c1. The lowest BCUT2D eigenvalue weighted by Crippen LogP contribution is -2.13. The van der Waals surface area contributed by atoms with Crippen LogP contribution in [0, 0.1) is 0 Å². The molecule has 1 unspecified atom stereocenters. The molecule has 1 aromatic rings. The van der Waals surface area contributed by atoms with Gasteiger partial charge in [-0.15, -0.1) is 0 Å². The molecule has 0 heterocycles. The Balaban J connectivity index is 2.20. The highest BCUT2D eigenvalue weighted by molar-refractivity contribution is 7.99. The first-order chi connectivity index (χ1) is 7.22. The van der Waals surface area contributed by atoms with Crippen LogP contribution in [0.1, 0.15) is 18.9 Å². The Kier molecular flexibility index (Phi) is 5.58. The first kappa shape index (κ1) is 12.4. The Labute approximate surface area is 96.4 Å². The highest BCUT2D eigenvalue weighted by Crippen LogP contribution is 2.14. The van der Waals surface area contributed by atoms with Gasteiger partial charge in [0, 0.05) is 17.5 Å². The van der Waals surface area contributed by atoms with Crippen molar-refractivity contribution in [3.8, 4) is 0 Å². The van der Waals surface area contributed by atoms with Crippen LogP contribution in [0.4, 0.5) is 5.69 Å². The summed E-state index contributed by atoms with van der Waals surface area (Å²) in [6.07, 6.45) is 2.30. The molecule has 84 valence electrons. The van der Waals surface area contributed by atoms with E-state index in [0.717, 1.165) is 18.7 Å². The van der Waals surface area contributed by atoms with E-state index in [-0.39, 0.29) is 0 Å². The summed E-state index contributed by atoms with van der Waals surface area (Å²) in [5.74, 6) is 1.17. The predicted molar refractivity (Wildman–Crippen MR) is 70.1 cm³/mol. The largest absolute Gasteiger partial charge is 0.399 e. The summed E-state index contributed by atoms with van der Waals surface area (Å²) >= 11 is 1.94. The molecule has 0 bridgehead atoms. The zero-order valence-corrected chi connectivity index (χ0v) is 10.1. The van der Waals surface area contributed by atoms with Crippen molar-refractivity contribution in [1.29, 1.82) is 0 Å². The van der Waals surface area contributed by atoms with E-state index in [4.69, 9.17) is 11.5 Å². The molecule has 0 saturated carbocycles. The first-order valence-electron chi connectivity index (χ1n) is 5.38. The van der Waals surface area contributed by atoms with Crippen molar-refractivity contribution in [3.63, 3.8) is 0 Å². The minimum atomic E-state index is 0.575. The van der Waals surface area contributed by atoms with Crippen LogP contribution in [0.5, 0.6) is 0 Å². The molecule has 4 N–H and O–H groups in total. The second kappa shape index (κ2) is 6.75. The van der Waals surface area contributed by atoms with Crippen LogP contribution in [-0.2, 0) is 6.42 Å². The van der Waals surface area contributed by atoms with E-state index in [9.17, 15) is 0 Å². The highest BCUT2D eigenvalue weighted by Gasteiger charge is 1.99. The maximum absolute atomic E-state index is 5.71. The van der Waals surface area contributed by atoms with Crippen molar-refractivity contribution < 1.29 is 0 Å². The molecule has 0 aromatic heterocycles. The summed E-state index contributed by atoms with van der Waals surface area (Å²) in [6, 6.07) is 8.12. The third kappa shape index (κ3) is 5.09. The molecule has 2 nitrogen and oxygen atoms in total. The minimum absolute atomic E-state index is 0.575. The molecule has 0 saturated heterocycles. The second-order valence-electron chi connectivity index (χ2n) is 3.77. The van der Waals surface area contributed by atoms with Crippen LogP contribution in [0.2, 0.25) is 0 Å². The van der Waals surface area contributed by atoms with E-state index in [1.54, 1.807) is 0 Å². The number of hydrogen-bond acceptors (Lipinski definition) is 3. The average molecular weight is 224 g/mol. The number of rotatable bonds is 6. The van der Waals surface area contributed by atoms with Crippen LogP contribution in [-0.4, -0.2) is 17.5 Å².